The summed E-state index contributed by atoms with van der Waals surface area (Å²) in [5.41, 5.74) is 0. The molecular formula is C6H7N5O4. The minimum Gasteiger partial charge on any atom is -0.690 e. The minimum absolute atomic E-state index is 0.0793. The van der Waals surface area contributed by atoms with Crippen molar-refractivity contribution >= 4 is 23.5 Å². The van der Waals surface area contributed by atoms with Crippen LogP contribution >= 0.6 is 0 Å². The molecule has 0 bridgehead atoms. The van der Waals surface area contributed by atoms with Crippen LogP contribution < -0.4 is 5.32 Å². The first-order valence-corrected chi connectivity index (χ1v) is 3.80. The molecule has 0 aliphatic heterocycles. The van der Waals surface area contributed by atoms with E-state index < -0.39 is 11.8 Å². The van der Waals surface area contributed by atoms with E-state index in [4.69, 9.17) is 0 Å². The van der Waals surface area contributed by atoms with Crippen LogP contribution in [-0.4, -0.2) is 27.0 Å². The smallest absolute Gasteiger partial charge is 0.443 e. The number of aromatic nitrogens is 2. The number of azo groups is 1. The second kappa shape index (κ2) is 4.26. The normalized spacial score (nSPS) is 11.2. The summed E-state index contributed by atoms with van der Waals surface area (Å²) in [6.07, 6.45) is 0. The Hall–Kier alpha value is -2.32. The Morgan fingerprint density at radius 3 is 2.67 bits per heavy atom. The summed E-state index contributed by atoms with van der Waals surface area (Å²) >= 11 is 0. The highest BCUT2D eigenvalue weighted by Gasteiger charge is 2.22. The molecule has 1 aromatic heterocycles. The van der Waals surface area contributed by atoms with Gasteiger partial charge in [-0.15, -0.1) is 9.49 Å². The Balaban J connectivity index is 2.99. The number of amides is 2. The van der Waals surface area contributed by atoms with E-state index in [0.29, 0.717) is 0 Å². The molecule has 9 nitrogen and oxygen atoms in total. The van der Waals surface area contributed by atoms with Crippen molar-refractivity contribution in [3.05, 3.63) is 5.21 Å². The van der Waals surface area contributed by atoms with Gasteiger partial charge in [-0.3, -0.25) is 9.59 Å². The quantitative estimate of drug-likeness (QED) is 0.424. The van der Waals surface area contributed by atoms with Crippen LogP contribution in [0, 0.1) is 5.21 Å². The van der Waals surface area contributed by atoms with Crippen molar-refractivity contribution in [3.8, 4) is 0 Å². The fourth-order valence-electron chi connectivity index (χ4n) is 0.730. The summed E-state index contributed by atoms with van der Waals surface area (Å²) in [4.78, 5) is 21.1. The molecular weight excluding hydrogens is 206 g/mol. The van der Waals surface area contributed by atoms with E-state index in [1.54, 1.807) is 0 Å². The number of nitrogens with one attached hydrogen (secondary N) is 1. The molecule has 2 amide bonds. The highest BCUT2D eigenvalue weighted by molar-refractivity contribution is 5.89. The number of hydrogen-bond acceptors (Lipinski definition) is 6. The van der Waals surface area contributed by atoms with Crippen LogP contribution in [0.4, 0.5) is 11.6 Å². The monoisotopic (exact) mass is 213 g/mol. The molecule has 0 spiro atoms. The fraction of sp³-hybridized carbons (Fsp3) is 0.333. The number of hydrogen-bond donors (Lipinski definition) is 1. The van der Waals surface area contributed by atoms with Crippen LogP contribution in [0.3, 0.4) is 0 Å². The molecule has 1 heterocycles. The second-order valence-electron chi connectivity index (χ2n) is 2.51. The zero-order valence-electron chi connectivity index (χ0n) is 7.92. The van der Waals surface area contributed by atoms with Gasteiger partial charge in [-0.05, 0) is 5.11 Å². The molecule has 1 N–H and O–H groups in total. The molecule has 0 aliphatic carbocycles. The van der Waals surface area contributed by atoms with E-state index in [1.807, 2.05) is 0 Å². The van der Waals surface area contributed by atoms with Crippen molar-refractivity contribution < 1.29 is 19.1 Å². The Bertz CT molecular complexity index is 423. The van der Waals surface area contributed by atoms with Crippen molar-refractivity contribution in [3.63, 3.8) is 0 Å². The first-order chi connectivity index (χ1) is 7.00. The van der Waals surface area contributed by atoms with Gasteiger partial charge in [0.1, 0.15) is 0 Å². The average Bonchev–Trinajstić information content (AvgIpc) is 2.49. The molecule has 0 fully saturated rings. The largest absolute Gasteiger partial charge is 0.690 e. The van der Waals surface area contributed by atoms with Gasteiger partial charge in [0.2, 0.25) is 5.91 Å². The highest BCUT2D eigenvalue weighted by atomic mass is 16.6. The zero-order chi connectivity index (χ0) is 11.4. The van der Waals surface area contributed by atoms with Crippen LogP contribution in [0.15, 0.2) is 9.74 Å². The van der Waals surface area contributed by atoms with Gasteiger partial charge >= 0.3 is 5.82 Å². The van der Waals surface area contributed by atoms with Gasteiger partial charge in [-0.2, -0.15) is 0 Å². The third-order valence-electron chi connectivity index (χ3n) is 1.18. The van der Waals surface area contributed by atoms with Gasteiger partial charge < -0.3 is 10.5 Å². The van der Waals surface area contributed by atoms with Crippen LogP contribution in [0.25, 0.3) is 0 Å². The number of anilines is 1. The summed E-state index contributed by atoms with van der Waals surface area (Å²) in [6, 6.07) is 0. The molecule has 1 aromatic rings. The maximum atomic E-state index is 11.1. The van der Waals surface area contributed by atoms with Crippen molar-refractivity contribution in [1.29, 1.82) is 0 Å². The van der Waals surface area contributed by atoms with E-state index in [-0.39, 0.29) is 16.5 Å². The molecule has 0 aliphatic rings. The molecule has 80 valence electrons. The maximum absolute atomic E-state index is 11.1. The lowest BCUT2D eigenvalue weighted by Crippen LogP contribution is -2.08. The van der Waals surface area contributed by atoms with E-state index >= 15 is 0 Å². The predicted molar refractivity (Wildman–Crippen MR) is 45.0 cm³/mol. The third-order valence-corrected chi connectivity index (χ3v) is 1.18. The van der Waals surface area contributed by atoms with E-state index in [1.165, 1.54) is 6.92 Å². The Morgan fingerprint density at radius 1 is 1.47 bits per heavy atom. The van der Waals surface area contributed by atoms with Gasteiger partial charge in [0, 0.05) is 19.0 Å². The van der Waals surface area contributed by atoms with Crippen molar-refractivity contribution in [2.45, 2.75) is 13.8 Å². The summed E-state index contributed by atoms with van der Waals surface area (Å²) in [5, 5.41) is 22.8. The van der Waals surface area contributed by atoms with Crippen LogP contribution in [-0.2, 0) is 9.59 Å². The minimum atomic E-state index is -0.707. The molecule has 0 aromatic carbocycles. The van der Waals surface area contributed by atoms with Crippen LogP contribution in [0.1, 0.15) is 13.8 Å². The van der Waals surface area contributed by atoms with Gasteiger partial charge in [0.15, 0.2) is 5.16 Å². The third kappa shape index (κ3) is 2.83. The SMILES string of the molecule is CC(=O)N=[N+]([O-])c1nonc1NC(C)=O. The predicted octanol–water partition coefficient (Wildman–Crippen LogP) is 0.168. The average molecular weight is 213 g/mol. The number of rotatable bonds is 2. The van der Waals surface area contributed by atoms with Gasteiger partial charge in [0.25, 0.3) is 11.7 Å². The fourth-order valence-corrected chi connectivity index (χ4v) is 0.730. The summed E-state index contributed by atoms with van der Waals surface area (Å²) in [7, 11) is 0. The van der Waals surface area contributed by atoms with Crippen LogP contribution in [0.5, 0.6) is 0 Å². The molecule has 0 unspecified atom stereocenters. The first-order valence-electron chi connectivity index (χ1n) is 3.80. The van der Waals surface area contributed by atoms with E-state index in [2.05, 4.69) is 25.4 Å². The molecule has 9 heteroatoms. The standard InChI is InChI=1S/C6H7N5O4/c1-3(12)7-5-6(10-15-9-5)11(14)8-4(2)13/h1-2H3,(H,7,9,12). The lowest BCUT2D eigenvalue weighted by Gasteiger charge is -1.99. The lowest BCUT2D eigenvalue weighted by molar-refractivity contribution is -0.440. The topological polar surface area (TPSA) is 124 Å². The van der Waals surface area contributed by atoms with Gasteiger partial charge in [-0.1, -0.05) is 0 Å². The molecule has 0 saturated heterocycles. The van der Waals surface area contributed by atoms with Crippen molar-refractivity contribution in [2.75, 3.05) is 5.32 Å². The molecule has 0 saturated carbocycles. The highest BCUT2D eigenvalue weighted by Crippen LogP contribution is 2.18. The van der Waals surface area contributed by atoms with E-state index in [0.717, 1.165) is 6.92 Å². The van der Waals surface area contributed by atoms with E-state index in [9.17, 15) is 14.8 Å². The summed E-state index contributed by atoms with van der Waals surface area (Å²) in [6.45, 7) is 2.31. The summed E-state index contributed by atoms with van der Waals surface area (Å²) < 4.78 is 4.22. The van der Waals surface area contributed by atoms with Gasteiger partial charge in [0.05, 0.1) is 0 Å². The van der Waals surface area contributed by atoms with Crippen molar-refractivity contribution in [1.82, 2.24) is 10.3 Å². The van der Waals surface area contributed by atoms with Crippen LogP contribution in [0.2, 0.25) is 0 Å². The molecule has 0 radical (unpaired) electrons. The molecule has 1 rings (SSSR count). The Morgan fingerprint density at radius 2 is 2.13 bits per heavy atom. The first kappa shape index (κ1) is 10.8. The Labute approximate surface area is 83.3 Å². The van der Waals surface area contributed by atoms with Gasteiger partial charge in [-0.25, -0.2) is 0 Å². The zero-order valence-corrected chi connectivity index (χ0v) is 7.92. The molecule has 0 atom stereocenters. The number of nitrogens with zero attached hydrogens (tertiary/aromatic N) is 4. The number of carbonyl (C=O) groups excluding carboxylic acids is 2. The number of carbonyl (C=O) groups is 2. The lowest BCUT2D eigenvalue weighted by atomic mass is 10.6. The molecule has 15 heavy (non-hydrogen) atoms. The summed E-state index contributed by atoms with van der Waals surface area (Å²) in [5.74, 6) is -1.74. The Kier molecular flexibility index (Phi) is 3.06. The van der Waals surface area contributed by atoms with Crippen molar-refractivity contribution in [2.24, 2.45) is 5.11 Å². The maximum Gasteiger partial charge on any atom is 0.443 e. The second-order valence-corrected chi connectivity index (χ2v) is 2.51.